The zero-order chi connectivity index (χ0) is 17.7. The molecule has 126 valence electrons. The van der Waals surface area contributed by atoms with Crippen molar-refractivity contribution in [3.8, 4) is 11.5 Å². The van der Waals surface area contributed by atoms with Crippen LogP contribution < -0.4 is 4.74 Å². The van der Waals surface area contributed by atoms with E-state index in [0.717, 1.165) is 0 Å². The first-order valence-corrected chi connectivity index (χ1v) is 7.28. The molecule has 0 fully saturated rings. The van der Waals surface area contributed by atoms with E-state index in [0.29, 0.717) is 5.56 Å². The van der Waals surface area contributed by atoms with Crippen molar-refractivity contribution in [1.82, 2.24) is 4.90 Å². The van der Waals surface area contributed by atoms with Crippen LogP contribution in [-0.2, 0) is 9.53 Å². The van der Waals surface area contributed by atoms with E-state index in [4.69, 9.17) is 9.47 Å². The van der Waals surface area contributed by atoms with Crippen molar-refractivity contribution in [3.63, 3.8) is 0 Å². The Kier molecular flexibility index (Phi) is 5.42. The lowest BCUT2D eigenvalue weighted by Crippen LogP contribution is -2.31. The molecule has 0 radical (unpaired) electrons. The van der Waals surface area contributed by atoms with Crippen LogP contribution in [-0.4, -0.2) is 43.1 Å². The molecule has 0 heterocycles. The number of aromatic hydroxyl groups is 1. The van der Waals surface area contributed by atoms with Crippen LogP contribution in [0.4, 0.5) is 0 Å². The molecular formula is C18H19NO5. The highest BCUT2D eigenvalue weighted by atomic mass is 16.5. The molecule has 24 heavy (non-hydrogen) atoms. The van der Waals surface area contributed by atoms with Gasteiger partial charge in [0.25, 0.3) is 5.91 Å². The molecule has 2 aromatic rings. The molecule has 6 nitrogen and oxygen atoms in total. The molecule has 2 rings (SSSR count). The lowest BCUT2D eigenvalue weighted by molar-refractivity contribution is -0.138. The summed E-state index contributed by atoms with van der Waals surface area (Å²) in [5, 5.41) is 10.1. The first-order valence-electron chi connectivity index (χ1n) is 7.28. The monoisotopic (exact) mass is 329 g/mol. The fraction of sp³-hybridized carbons (Fsp3) is 0.222. The maximum Gasteiger partial charge on any atom is 0.343 e. The average Bonchev–Trinajstić information content (AvgIpc) is 2.59. The van der Waals surface area contributed by atoms with E-state index < -0.39 is 12.1 Å². The molecule has 0 aromatic heterocycles. The number of benzene rings is 2. The summed E-state index contributed by atoms with van der Waals surface area (Å²) in [7, 11) is 4.54. The Bertz CT molecular complexity index is 727. The minimum absolute atomic E-state index is 0.0677. The van der Waals surface area contributed by atoms with Gasteiger partial charge in [0.2, 0.25) is 6.10 Å². The fourth-order valence-electron chi connectivity index (χ4n) is 2.15. The molecule has 1 N–H and O–H groups in total. The standard InChI is InChI=1S/C18H19NO5/c1-19(2)17(21)16(12-8-5-4-6-9-12)24-18(22)13-10-7-11-14(23-3)15(13)20/h4-11,16,20H,1-3H3/t16-/m1/s1. The van der Waals surface area contributed by atoms with E-state index in [1.807, 2.05) is 0 Å². The number of ether oxygens (including phenoxy) is 2. The molecule has 0 aliphatic rings. The summed E-state index contributed by atoms with van der Waals surface area (Å²) in [4.78, 5) is 26.2. The van der Waals surface area contributed by atoms with Gasteiger partial charge in [-0.15, -0.1) is 0 Å². The van der Waals surface area contributed by atoms with Crippen molar-refractivity contribution in [2.75, 3.05) is 21.2 Å². The van der Waals surface area contributed by atoms with Gasteiger partial charge in [-0.05, 0) is 12.1 Å². The average molecular weight is 329 g/mol. The maximum atomic E-state index is 12.4. The minimum Gasteiger partial charge on any atom is -0.504 e. The van der Waals surface area contributed by atoms with Crippen LogP contribution in [0.15, 0.2) is 48.5 Å². The number of carbonyl (C=O) groups excluding carboxylic acids is 2. The smallest absolute Gasteiger partial charge is 0.343 e. The van der Waals surface area contributed by atoms with E-state index in [1.54, 1.807) is 50.5 Å². The Balaban J connectivity index is 2.33. The zero-order valence-corrected chi connectivity index (χ0v) is 13.7. The number of rotatable bonds is 5. The SMILES string of the molecule is COc1cccc(C(=O)O[C@@H](C(=O)N(C)C)c2ccccc2)c1O. The molecule has 1 atom stereocenters. The lowest BCUT2D eigenvalue weighted by atomic mass is 10.1. The second-order valence-corrected chi connectivity index (χ2v) is 5.29. The third-order valence-corrected chi connectivity index (χ3v) is 3.43. The van der Waals surface area contributed by atoms with Gasteiger partial charge < -0.3 is 19.5 Å². The second-order valence-electron chi connectivity index (χ2n) is 5.29. The van der Waals surface area contributed by atoms with Crippen LogP contribution in [0.25, 0.3) is 0 Å². The van der Waals surface area contributed by atoms with E-state index in [-0.39, 0.29) is 23.0 Å². The number of likely N-dealkylation sites (N-methyl/N-ethyl adjacent to an activating group) is 1. The number of carbonyl (C=O) groups is 2. The van der Waals surface area contributed by atoms with Crippen molar-refractivity contribution in [1.29, 1.82) is 0 Å². The van der Waals surface area contributed by atoms with Crippen LogP contribution in [0.1, 0.15) is 22.0 Å². The number of para-hydroxylation sites is 1. The largest absolute Gasteiger partial charge is 0.504 e. The van der Waals surface area contributed by atoms with E-state index in [1.165, 1.54) is 24.1 Å². The second kappa shape index (κ2) is 7.50. The fourth-order valence-corrected chi connectivity index (χ4v) is 2.15. The predicted molar refractivity (Wildman–Crippen MR) is 88.0 cm³/mol. The number of methoxy groups -OCH3 is 1. The molecule has 2 aromatic carbocycles. The van der Waals surface area contributed by atoms with Crippen molar-refractivity contribution in [3.05, 3.63) is 59.7 Å². The van der Waals surface area contributed by atoms with Gasteiger partial charge in [0.05, 0.1) is 7.11 Å². The van der Waals surface area contributed by atoms with Crippen LogP contribution in [0.2, 0.25) is 0 Å². The van der Waals surface area contributed by atoms with E-state index >= 15 is 0 Å². The molecule has 0 spiro atoms. The van der Waals surface area contributed by atoms with Gasteiger partial charge in [-0.1, -0.05) is 36.4 Å². The Morgan fingerprint density at radius 1 is 1.04 bits per heavy atom. The molecule has 0 bridgehead atoms. The maximum absolute atomic E-state index is 12.4. The number of phenols is 1. The Hall–Kier alpha value is -3.02. The van der Waals surface area contributed by atoms with Gasteiger partial charge in [-0.25, -0.2) is 4.79 Å². The highest BCUT2D eigenvalue weighted by molar-refractivity contribution is 5.95. The van der Waals surface area contributed by atoms with Gasteiger partial charge in [0.1, 0.15) is 5.56 Å². The quantitative estimate of drug-likeness (QED) is 0.853. The number of hydrogen-bond acceptors (Lipinski definition) is 5. The lowest BCUT2D eigenvalue weighted by Gasteiger charge is -2.21. The van der Waals surface area contributed by atoms with Crippen LogP contribution in [0.3, 0.4) is 0 Å². The normalized spacial score (nSPS) is 11.5. The Labute approximate surface area is 140 Å². The Morgan fingerprint density at radius 3 is 2.29 bits per heavy atom. The summed E-state index contributed by atoms with van der Waals surface area (Å²) in [6.45, 7) is 0. The number of phenolic OH excluding ortho intramolecular Hbond substituents is 1. The summed E-state index contributed by atoms with van der Waals surface area (Å²) in [5.41, 5.74) is 0.480. The van der Waals surface area contributed by atoms with E-state index in [2.05, 4.69) is 0 Å². The molecule has 0 unspecified atom stereocenters. The van der Waals surface area contributed by atoms with Crippen molar-refractivity contribution >= 4 is 11.9 Å². The van der Waals surface area contributed by atoms with Gasteiger partial charge in [0.15, 0.2) is 11.5 Å². The molecular weight excluding hydrogens is 310 g/mol. The topological polar surface area (TPSA) is 76.1 Å². The van der Waals surface area contributed by atoms with Gasteiger partial charge in [-0.3, -0.25) is 4.79 Å². The number of amides is 1. The predicted octanol–water partition coefficient (Wildman–Crippen LogP) is 2.39. The minimum atomic E-state index is -1.10. The van der Waals surface area contributed by atoms with Crippen LogP contribution in [0, 0.1) is 0 Å². The highest BCUT2D eigenvalue weighted by Crippen LogP contribution is 2.31. The molecule has 1 amide bonds. The summed E-state index contributed by atoms with van der Waals surface area (Å²) in [5.74, 6) is -1.36. The van der Waals surface area contributed by atoms with Crippen molar-refractivity contribution in [2.24, 2.45) is 0 Å². The number of nitrogens with zero attached hydrogens (tertiary/aromatic N) is 1. The Morgan fingerprint density at radius 2 is 1.71 bits per heavy atom. The number of hydrogen-bond donors (Lipinski definition) is 1. The summed E-state index contributed by atoms with van der Waals surface area (Å²) >= 11 is 0. The van der Waals surface area contributed by atoms with Crippen LogP contribution in [0.5, 0.6) is 11.5 Å². The van der Waals surface area contributed by atoms with Gasteiger partial charge in [0, 0.05) is 19.7 Å². The van der Waals surface area contributed by atoms with Crippen molar-refractivity contribution in [2.45, 2.75) is 6.10 Å². The molecule has 0 aliphatic heterocycles. The highest BCUT2D eigenvalue weighted by Gasteiger charge is 2.28. The first-order chi connectivity index (χ1) is 11.5. The number of esters is 1. The third kappa shape index (κ3) is 3.65. The van der Waals surface area contributed by atoms with Gasteiger partial charge >= 0.3 is 5.97 Å². The van der Waals surface area contributed by atoms with Gasteiger partial charge in [-0.2, -0.15) is 0 Å². The summed E-state index contributed by atoms with van der Waals surface area (Å²) < 4.78 is 10.4. The third-order valence-electron chi connectivity index (χ3n) is 3.43. The molecule has 0 saturated heterocycles. The first kappa shape index (κ1) is 17.3. The molecule has 0 aliphatic carbocycles. The summed E-state index contributed by atoms with van der Waals surface area (Å²) in [6.07, 6.45) is -1.10. The van der Waals surface area contributed by atoms with E-state index in [9.17, 15) is 14.7 Å². The van der Waals surface area contributed by atoms with Crippen molar-refractivity contribution < 1.29 is 24.2 Å². The molecule has 6 heteroatoms. The zero-order valence-electron chi connectivity index (χ0n) is 13.7. The summed E-state index contributed by atoms with van der Waals surface area (Å²) in [6, 6.07) is 13.2. The molecule has 0 saturated carbocycles. The van der Waals surface area contributed by atoms with Crippen LogP contribution >= 0.6 is 0 Å².